The third-order valence-electron chi connectivity index (χ3n) is 5.62. The van der Waals surface area contributed by atoms with E-state index in [1.807, 2.05) is 6.07 Å². The van der Waals surface area contributed by atoms with E-state index in [4.69, 9.17) is 17.3 Å². The van der Waals surface area contributed by atoms with Crippen molar-refractivity contribution in [3.63, 3.8) is 0 Å². The van der Waals surface area contributed by atoms with Crippen LogP contribution in [0.2, 0.25) is 0 Å². The van der Waals surface area contributed by atoms with Crippen molar-refractivity contribution in [3.8, 4) is 6.07 Å². The number of thiocarbonyl (C=S) groups is 1. The second-order valence-electron chi connectivity index (χ2n) is 7.88. The highest BCUT2D eigenvalue weighted by Gasteiger charge is 2.33. The molecule has 164 valence electrons. The van der Waals surface area contributed by atoms with Gasteiger partial charge < -0.3 is 10.0 Å². The molecule has 0 radical (unpaired) electrons. The van der Waals surface area contributed by atoms with Crippen LogP contribution < -0.4 is 10.5 Å². The predicted molar refractivity (Wildman–Crippen MR) is 124 cm³/mol. The minimum absolute atomic E-state index is 0.00351. The molecule has 2 fully saturated rings. The molecule has 1 unspecified atom stereocenters. The lowest BCUT2D eigenvalue weighted by molar-refractivity contribution is -0.137. The Balaban J connectivity index is 2.12. The van der Waals surface area contributed by atoms with Gasteiger partial charge >= 0.3 is 5.97 Å². The van der Waals surface area contributed by atoms with Gasteiger partial charge in [0.15, 0.2) is 0 Å². The number of hydrogen-bond donors (Lipinski definition) is 1. The van der Waals surface area contributed by atoms with Crippen molar-refractivity contribution in [2.45, 2.75) is 33.1 Å². The number of piperidine rings is 1. The number of hydrogen-bond acceptors (Lipinski definition) is 7. The van der Waals surface area contributed by atoms with Crippen LogP contribution in [0.5, 0.6) is 0 Å². The zero-order chi connectivity index (χ0) is 22.9. The maximum atomic E-state index is 12.9. The van der Waals surface area contributed by atoms with Crippen LogP contribution in [0.15, 0.2) is 9.70 Å². The number of nitrogens with zero attached hydrogens (tertiary/aromatic N) is 4. The first-order chi connectivity index (χ1) is 14.6. The van der Waals surface area contributed by atoms with E-state index >= 15 is 0 Å². The normalized spacial score (nSPS) is 20.5. The van der Waals surface area contributed by atoms with Crippen LogP contribution in [0.4, 0.5) is 5.82 Å². The van der Waals surface area contributed by atoms with Gasteiger partial charge in [-0.15, -0.1) is 0 Å². The predicted octanol–water partition coefficient (Wildman–Crippen LogP) is 2.48. The van der Waals surface area contributed by atoms with Gasteiger partial charge in [-0.2, -0.15) is 5.26 Å². The van der Waals surface area contributed by atoms with Crippen molar-refractivity contribution in [2.24, 2.45) is 13.0 Å². The third kappa shape index (κ3) is 4.52. The van der Waals surface area contributed by atoms with Crippen LogP contribution in [0.1, 0.15) is 42.9 Å². The van der Waals surface area contributed by atoms with Crippen molar-refractivity contribution in [3.05, 3.63) is 31.9 Å². The Morgan fingerprint density at radius 1 is 1.42 bits per heavy atom. The van der Waals surface area contributed by atoms with Gasteiger partial charge in [-0.1, -0.05) is 30.9 Å². The van der Waals surface area contributed by atoms with Crippen molar-refractivity contribution in [1.29, 1.82) is 5.26 Å². The summed E-state index contributed by atoms with van der Waals surface area (Å²) in [5.41, 5.74) is 0.851. The zero-order valence-corrected chi connectivity index (χ0v) is 19.3. The van der Waals surface area contributed by atoms with Crippen LogP contribution in [-0.4, -0.2) is 50.4 Å². The molecule has 0 aliphatic carbocycles. The molecule has 10 heteroatoms. The van der Waals surface area contributed by atoms with Crippen molar-refractivity contribution < 1.29 is 14.7 Å². The highest BCUT2D eigenvalue weighted by molar-refractivity contribution is 8.26. The highest BCUT2D eigenvalue weighted by Crippen LogP contribution is 2.36. The molecule has 2 aliphatic heterocycles. The molecule has 0 bridgehead atoms. The van der Waals surface area contributed by atoms with Crippen LogP contribution in [0.3, 0.4) is 0 Å². The molecule has 2 aliphatic rings. The molecule has 1 N–H and O–H groups in total. The van der Waals surface area contributed by atoms with Gasteiger partial charge in [-0.05, 0) is 37.3 Å². The fourth-order valence-electron chi connectivity index (χ4n) is 4.01. The van der Waals surface area contributed by atoms with E-state index in [1.165, 1.54) is 9.47 Å². The second-order valence-corrected chi connectivity index (χ2v) is 9.56. The summed E-state index contributed by atoms with van der Waals surface area (Å²) in [6.45, 7) is 5.44. The number of pyridine rings is 1. The number of thioether (sulfide) groups is 1. The van der Waals surface area contributed by atoms with Gasteiger partial charge in [0.1, 0.15) is 21.8 Å². The minimum atomic E-state index is -1.01. The average molecular weight is 461 g/mol. The topological polar surface area (TPSA) is 107 Å². The van der Waals surface area contributed by atoms with Gasteiger partial charge in [-0.25, -0.2) is 0 Å². The molecule has 3 rings (SSSR count). The van der Waals surface area contributed by atoms with Crippen molar-refractivity contribution >= 4 is 52.1 Å². The molecular weight excluding hydrogens is 436 g/mol. The SMILES string of the molecule is Cc1c(C=C2SC(=S)N(CCC(=O)O)C2=O)c(N2CCCC(C)C2)n(C)c(=O)c1C#N. The highest BCUT2D eigenvalue weighted by atomic mass is 32.2. The van der Waals surface area contributed by atoms with E-state index in [9.17, 15) is 19.6 Å². The summed E-state index contributed by atoms with van der Waals surface area (Å²) < 4.78 is 1.79. The number of aromatic nitrogens is 1. The maximum absolute atomic E-state index is 12.9. The summed E-state index contributed by atoms with van der Waals surface area (Å²) in [6, 6.07) is 2.00. The first kappa shape index (κ1) is 23.0. The number of carbonyl (C=O) groups excluding carboxylic acids is 1. The average Bonchev–Trinajstić information content (AvgIpc) is 2.97. The molecule has 3 heterocycles. The van der Waals surface area contributed by atoms with Gasteiger partial charge in [0.2, 0.25) is 0 Å². The number of carboxylic acid groups (broad SMARTS) is 1. The molecule has 1 amide bonds. The van der Waals surface area contributed by atoms with Crippen molar-refractivity contribution in [2.75, 3.05) is 24.5 Å². The molecule has 1 aromatic heterocycles. The van der Waals surface area contributed by atoms with Crippen molar-refractivity contribution in [1.82, 2.24) is 9.47 Å². The Morgan fingerprint density at radius 3 is 2.74 bits per heavy atom. The fourth-order valence-corrected chi connectivity index (χ4v) is 5.30. The summed E-state index contributed by atoms with van der Waals surface area (Å²) in [4.78, 5) is 40.4. The Kier molecular flexibility index (Phi) is 6.86. The summed E-state index contributed by atoms with van der Waals surface area (Å²) in [5.74, 6) is -0.223. The molecule has 0 saturated carbocycles. The van der Waals surface area contributed by atoms with E-state index in [2.05, 4.69) is 11.8 Å². The summed E-state index contributed by atoms with van der Waals surface area (Å²) in [5, 5.41) is 18.5. The van der Waals surface area contributed by atoms with Crippen LogP contribution >= 0.6 is 24.0 Å². The molecule has 1 aromatic rings. The Morgan fingerprint density at radius 2 is 2.13 bits per heavy atom. The lowest BCUT2D eigenvalue weighted by atomic mass is 9.98. The molecule has 0 aromatic carbocycles. The largest absolute Gasteiger partial charge is 0.481 e. The van der Waals surface area contributed by atoms with Crippen LogP contribution in [0.25, 0.3) is 6.08 Å². The van der Waals surface area contributed by atoms with E-state index in [0.717, 1.165) is 37.7 Å². The lowest BCUT2D eigenvalue weighted by Crippen LogP contribution is -2.39. The Labute approximate surface area is 190 Å². The van der Waals surface area contributed by atoms with E-state index in [0.29, 0.717) is 32.1 Å². The number of carboxylic acids is 1. The Hall–Kier alpha value is -2.64. The molecule has 8 nitrogen and oxygen atoms in total. The van der Waals surface area contributed by atoms with Crippen LogP contribution in [-0.2, 0) is 16.6 Å². The standard InChI is InChI=1S/C21H24N4O4S2/c1-12-5-4-7-24(11-12)18-14(13(2)15(10-22)19(28)23(18)3)9-16-20(29)25(21(30)31-16)8-6-17(26)27/h9,12H,4-8,11H2,1-3H3,(H,26,27). The van der Waals surface area contributed by atoms with Gasteiger partial charge in [0, 0.05) is 32.2 Å². The van der Waals surface area contributed by atoms with E-state index in [1.54, 1.807) is 20.0 Å². The summed E-state index contributed by atoms with van der Waals surface area (Å²) in [7, 11) is 1.65. The minimum Gasteiger partial charge on any atom is -0.481 e. The molecule has 1 atom stereocenters. The lowest BCUT2D eigenvalue weighted by Gasteiger charge is -2.35. The number of nitriles is 1. The monoisotopic (exact) mass is 460 g/mol. The molecule has 0 spiro atoms. The molecule has 31 heavy (non-hydrogen) atoms. The fraction of sp³-hybridized carbons (Fsp3) is 0.476. The molecular formula is C21H24N4O4S2. The van der Waals surface area contributed by atoms with Gasteiger partial charge in [0.25, 0.3) is 11.5 Å². The third-order valence-corrected chi connectivity index (χ3v) is 7.00. The van der Waals surface area contributed by atoms with Gasteiger partial charge in [0.05, 0.1) is 11.3 Å². The first-order valence-corrected chi connectivity index (χ1v) is 11.2. The molecule has 2 saturated heterocycles. The van der Waals surface area contributed by atoms with E-state index < -0.39 is 5.97 Å². The quantitative estimate of drug-likeness (QED) is 0.528. The summed E-state index contributed by atoms with van der Waals surface area (Å²) in [6.07, 6.45) is 3.58. The second kappa shape index (κ2) is 9.24. The van der Waals surface area contributed by atoms with Gasteiger partial charge in [-0.3, -0.25) is 23.9 Å². The van der Waals surface area contributed by atoms with Crippen LogP contribution in [0, 0.1) is 24.2 Å². The number of anilines is 1. The summed E-state index contributed by atoms with van der Waals surface area (Å²) >= 11 is 6.38. The first-order valence-electron chi connectivity index (χ1n) is 10.0. The van der Waals surface area contributed by atoms with E-state index in [-0.39, 0.29) is 30.0 Å². The maximum Gasteiger partial charge on any atom is 0.305 e. The number of aliphatic carboxylic acids is 1. The Bertz CT molecular complexity index is 1090. The zero-order valence-electron chi connectivity index (χ0n) is 17.7. The number of rotatable bonds is 5. The number of amides is 1. The number of carbonyl (C=O) groups is 2. The smallest absolute Gasteiger partial charge is 0.305 e.